The number of hydrogen-bond donors (Lipinski definition) is 1. The fourth-order valence-electron chi connectivity index (χ4n) is 1.46. The number of rotatable bonds is 4. The van der Waals surface area contributed by atoms with E-state index in [0.717, 1.165) is 24.4 Å². The lowest BCUT2D eigenvalue weighted by Crippen LogP contribution is -2.01. The number of H-pyrrole nitrogens is 1. The van der Waals surface area contributed by atoms with Crippen molar-refractivity contribution in [1.29, 1.82) is 0 Å². The van der Waals surface area contributed by atoms with E-state index in [1.807, 2.05) is 16.7 Å². The number of aromatic nitrogens is 4. The maximum absolute atomic E-state index is 5.68. The van der Waals surface area contributed by atoms with Crippen molar-refractivity contribution < 1.29 is 0 Å². The number of nitrogens with one attached hydrogen (secondary N) is 1. The van der Waals surface area contributed by atoms with Gasteiger partial charge in [-0.3, -0.25) is 10.1 Å². The minimum atomic E-state index is 0.614. The average Bonchev–Trinajstić information content (AvgIpc) is 2.69. The van der Waals surface area contributed by atoms with Gasteiger partial charge in [0.25, 0.3) is 0 Å². The molecule has 0 aromatic carbocycles. The summed E-state index contributed by atoms with van der Waals surface area (Å²) in [6.07, 6.45) is 4.34. The lowest BCUT2D eigenvalue weighted by molar-refractivity contribution is 0.678. The molecule has 0 radical (unpaired) electrons. The predicted molar refractivity (Wildman–Crippen MR) is 66.0 cm³/mol. The highest BCUT2D eigenvalue weighted by atomic mass is 35.5. The third-order valence-electron chi connectivity index (χ3n) is 2.21. The SMILES string of the molecule is S=c1[nH]nc(-c2ccncc2)n1CCCCl. The molecule has 2 aromatic heterocycles. The van der Waals surface area contributed by atoms with Crippen molar-refractivity contribution in [2.75, 3.05) is 5.88 Å². The first-order chi connectivity index (χ1) is 7.83. The molecule has 6 heteroatoms. The molecule has 0 bridgehead atoms. The lowest BCUT2D eigenvalue weighted by Gasteiger charge is -2.04. The van der Waals surface area contributed by atoms with Gasteiger partial charge in [-0.05, 0) is 30.8 Å². The Balaban J connectivity index is 2.38. The van der Waals surface area contributed by atoms with Crippen molar-refractivity contribution in [1.82, 2.24) is 19.7 Å². The summed E-state index contributed by atoms with van der Waals surface area (Å²) in [5.41, 5.74) is 0.997. The van der Waals surface area contributed by atoms with E-state index in [-0.39, 0.29) is 0 Å². The minimum absolute atomic E-state index is 0.614. The minimum Gasteiger partial charge on any atom is -0.300 e. The van der Waals surface area contributed by atoms with Gasteiger partial charge in [0, 0.05) is 30.4 Å². The Hall–Kier alpha value is -1.20. The van der Waals surface area contributed by atoms with Crippen LogP contribution < -0.4 is 0 Å². The normalized spacial score (nSPS) is 10.6. The summed E-state index contributed by atoms with van der Waals surface area (Å²) in [5, 5.41) is 7.01. The predicted octanol–water partition coefficient (Wildman–Crippen LogP) is 2.63. The van der Waals surface area contributed by atoms with Crippen molar-refractivity contribution >= 4 is 23.8 Å². The smallest absolute Gasteiger partial charge is 0.195 e. The standard InChI is InChI=1S/C10H11ClN4S/c11-4-1-7-15-9(13-14-10(15)16)8-2-5-12-6-3-8/h2-3,5-6H,1,4,7H2,(H,14,16). The molecule has 0 unspecified atom stereocenters. The van der Waals surface area contributed by atoms with Crippen molar-refractivity contribution in [3.63, 3.8) is 0 Å². The summed E-state index contributed by atoms with van der Waals surface area (Å²) in [4.78, 5) is 3.98. The Kier molecular flexibility index (Phi) is 3.69. The maximum Gasteiger partial charge on any atom is 0.195 e. The van der Waals surface area contributed by atoms with Gasteiger partial charge in [0.2, 0.25) is 0 Å². The van der Waals surface area contributed by atoms with Gasteiger partial charge in [0.05, 0.1) is 0 Å². The maximum atomic E-state index is 5.68. The number of nitrogens with zero attached hydrogens (tertiary/aromatic N) is 3. The summed E-state index contributed by atoms with van der Waals surface area (Å²) in [6.45, 7) is 0.774. The third kappa shape index (κ3) is 2.31. The van der Waals surface area contributed by atoms with E-state index >= 15 is 0 Å². The molecule has 2 rings (SSSR count). The van der Waals surface area contributed by atoms with Gasteiger partial charge in [-0.1, -0.05) is 0 Å². The first kappa shape index (κ1) is 11.3. The summed E-state index contributed by atoms with van der Waals surface area (Å²) >= 11 is 10.9. The largest absolute Gasteiger partial charge is 0.300 e. The van der Waals surface area contributed by atoms with Crippen LogP contribution in [-0.2, 0) is 6.54 Å². The van der Waals surface area contributed by atoms with E-state index in [4.69, 9.17) is 23.8 Å². The van der Waals surface area contributed by atoms with Gasteiger partial charge in [-0.15, -0.1) is 11.6 Å². The molecule has 1 N–H and O–H groups in total. The summed E-state index contributed by atoms with van der Waals surface area (Å²) in [6, 6.07) is 3.81. The average molecular weight is 255 g/mol. The number of alkyl halides is 1. The van der Waals surface area contributed by atoms with E-state index in [1.165, 1.54) is 0 Å². The van der Waals surface area contributed by atoms with Crippen molar-refractivity contribution in [2.24, 2.45) is 0 Å². The van der Waals surface area contributed by atoms with Crippen LogP contribution >= 0.6 is 23.8 Å². The van der Waals surface area contributed by atoms with E-state index in [9.17, 15) is 0 Å². The Morgan fingerprint density at radius 3 is 2.81 bits per heavy atom. The second kappa shape index (κ2) is 5.23. The molecule has 0 atom stereocenters. The Morgan fingerprint density at radius 1 is 1.38 bits per heavy atom. The van der Waals surface area contributed by atoms with Gasteiger partial charge in [0.1, 0.15) is 0 Å². The fourth-order valence-corrected chi connectivity index (χ4v) is 1.81. The molecular formula is C10H11ClN4S. The monoisotopic (exact) mass is 254 g/mol. The van der Waals surface area contributed by atoms with Crippen LogP contribution in [0.3, 0.4) is 0 Å². The van der Waals surface area contributed by atoms with Crippen LogP contribution in [0.1, 0.15) is 6.42 Å². The highest BCUT2D eigenvalue weighted by Gasteiger charge is 2.07. The van der Waals surface area contributed by atoms with Crippen LogP contribution in [-0.4, -0.2) is 25.6 Å². The molecule has 0 saturated carbocycles. The van der Waals surface area contributed by atoms with Crippen LogP contribution in [0, 0.1) is 4.77 Å². The third-order valence-corrected chi connectivity index (χ3v) is 2.79. The second-order valence-electron chi connectivity index (χ2n) is 3.28. The number of pyridine rings is 1. The molecule has 0 aliphatic rings. The van der Waals surface area contributed by atoms with Gasteiger partial charge in [-0.2, -0.15) is 5.10 Å². The highest BCUT2D eigenvalue weighted by molar-refractivity contribution is 7.71. The summed E-state index contributed by atoms with van der Waals surface area (Å²) < 4.78 is 2.57. The molecule has 0 aliphatic heterocycles. The number of halogens is 1. The number of hydrogen-bond acceptors (Lipinski definition) is 3. The van der Waals surface area contributed by atoms with Crippen LogP contribution in [0.2, 0.25) is 0 Å². The zero-order valence-corrected chi connectivity index (χ0v) is 10.1. The van der Waals surface area contributed by atoms with Crippen molar-refractivity contribution in [2.45, 2.75) is 13.0 Å². The molecule has 4 nitrogen and oxygen atoms in total. The first-order valence-corrected chi connectivity index (χ1v) is 5.89. The molecule has 16 heavy (non-hydrogen) atoms. The molecule has 0 aliphatic carbocycles. The van der Waals surface area contributed by atoms with E-state index in [2.05, 4.69) is 15.2 Å². The van der Waals surface area contributed by atoms with Crippen LogP contribution in [0.25, 0.3) is 11.4 Å². The van der Waals surface area contributed by atoms with Crippen molar-refractivity contribution in [3.05, 3.63) is 29.3 Å². The molecule has 0 spiro atoms. The zero-order valence-electron chi connectivity index (χ0n) is 8.56. The molecule has 84 valence electrons. The van der Waals surface area contributed by atoms with Gasteiger partial charge in [0.15, 0.2) is 10.6 Å². The fraction of sp³-hybridized carbons (Fsp3) is 0.300. The van der Waals surface area contributed by atoms with E-state index < -0.39 is 0 Å². The van der Waals surface area contributed by atoms with E-state index in [1.54, 1.807) is 12.4 Å². The zero-order chi connectivity index (χ0) is 11.4. The number of aromatic amines is 1. The second-order valence-corrected chi connectivity index (χ2v) is 4.05. The Morgan fingerprint density at radius 2 is 2.12 bits per heavy atom. The first-order valence-electron chi connectivity index (χ1n) is 4.94. The lowest BCUT2D eigenvalue weighted by atomic mass is 10.2. The van der Waals surface area contributed by atoms with Crippen LogP contribution in [0.15, 0.2) is 24.5 Å². The Bertz CT molecular complexity index is 505. The molecule has 2 heterocycles. The summed E-state index contributed by atoms with van der Waals surface area (Å²) in [7, 11) is 0. The van der Waals surface area contributed by atoms with Gasteiger partial charge < -0.3 is 4.57 Å². The molecule has 0 fully saturated rings. The van der Waals surface area contributed by atoms with Crippen LogP contribution in [0.4, 0.5) is 0 Å². The molecule has 2 aromatic rings. The van der Waals surface area contributed by atoms with Gasteiger partial charge >= 0.3 is 0 Å². The molecule has 0 saturated heterocycles. The van der Waals surface area contributed by atoms with Gasteiger partial charge in [-0.25, -0.2) is 0 Å². The molecular weight excluding hydrogens is 244 g/mol. The summed E-state index contributed by atoms with van der Waals surface area (Å²) in [5.74, 6) is 1.44. The molecule has 0 amide bonds. The quantitative estimate of drug-likeness (QED) is 0.674. The van der Waals surface area contributed by atoms with Crippen LogP contribution in [0.5, 0.6) is 0 Å². The Labute approximate surface area is 103 Å². The van der Waals surface area contributed by atoms with E-state index in [0.29, 0.717) is 10.7 Å². The highest BCUT2D eigenvalue weighted by Crippen LogP contribution is 2.16. The van der Waals surface area contributed by atoms with Crippen molar-refractivity contribution in [3.8, 4) is 11.4 Å². The topological polar surface area (TPSA) is 46.5 Å².